The number of benzene rings is 2. The number of para-hydroxylation sites is 1. The molecule has 0 saturated heterocycles. The third kappa shape index (κ3) is 6.72. The maximum atomic E-state index is 11.9. The van der Waals surface area contributed by atoms with Gasteiger partial charge >= 0.3 is 230 Å². The average molecular weight is 643 g/mol. The minimum atomic E-state index is -4.01. The molecule has 0 bridgehead atoms. The molecule has 0 amide bonds. The van der Waals surface area contributed by atoms with Crippen molar-refractivity contribution in [1.82, 2.24) is 0 Å². The molecule has 3 heterocycles. The molecule has 1 N–H and O–H groups in total. The van der Waals surface area contributed by atoms with Crippen LogP contribution in [0.2, 0.25) is 0 Å². The fourth-order valence-electron chi connectivity index (χ4n) is 4.40. The molecule has 10 heteroatoms. The van der Waals surface area contributed by atoms with Gasteiger partial charge in [0.15, 0.2) is 0 Å². The van der Waals surface area contributed by atoms with Crippen molar-refractivity contribution in [3.05, 3.63) is 110 Å². The molecule has 4 aromatic rings. The first-order chi connectivity index (χ1) is 18.8. The van der Waals surface area contributed by atoms with Gasteiger partial charge in [-0.25, -0.2) is 0 Å². The van der Waals surface area contributed by atoms with Crippen molar-refractivity contribution >= 4 is 74.1 Å². The van der Waals surface area contributed by atoms with Gasteiger partial charge in [0, 0.05) is 0 Å². The molecule has 0 spiro atoms. The van der Waals surface area contributed by atoms with Gasteiger partial charge < -0.3 is 0 Å². The van der Waals surface area contributed by atoms with Crippen LogP contribution in [0, 0.1) is 0 Å². The van der Waals surface area contributed by atoms with E-state index in [9.17, 15) is 17.8 Å². The predicted molar refractivity (Wildman–Crippen MR) is 163 cm³/mol. The van der Waals surface area contributed by atoms with E-state index >= 15 is 0 Å². The van der Waals surface area contributed by atoms with Crippen molar-refractivity contribution in [2.75, 3.05) is 17.2 Å². The van der Waals surface area contributed by atoms with Crippen molar-refractivity contribution in [3.63, 3.8) is 0 Å². The minimum absolute atomic E-state index is 0.0694. The number of fused-ring (bicyclic) bond motifs is 2. The number of hydrogen-bond donors (Lipinski definition) is 1. The van der Waals surface area contributed by atoms with Crippen LogP contribution in [0.25, 0.3) is 20.7 Å². The zero-order valence-corrected chi connectivity index (χ0v) is 25.4. The molecule has 39 heavy (non-hydrogen) atoms. The number of anilines is 1. The Morgan fingerprint density at radius 1 is 1.08 bits per heavy atom. The summed E-state index contributed by atoms with van der Waals surface area (Å²) in [5.74, 6) is -0.275. The van der Waals surface area contributed by atoms with Crippen molar-refractivity contribution in [3.8, 4) is 0 Å². The number of nitrogens with zero attached hydrogens (tertiary/aromatic N) is 2. The van der Waals surface area contributed by atoms with Gasteiger partial charge in [0.25, 0.3) is 0 Å². The van der Waals surface area contributed by atoms with E-state index in [0.29, 0.717) is 13.0 Å². The van der Waals surface area contributed by atoms with Gasteiger partial charge in [-0.05, 0) is 0 Å². The Hall–Kier alpha value is -2.72. The molecule has 0 saturated carbocycles. The second-order valence-electron chi connectivity index (χ2n) is 8.80. The van der Waals surface area contributed by atoms with Crippen LogP contribution >= 0.6 is 23.1 Å². The Morgan fingerprint density at radius 3 is 2.62 bits per heavy atom. The molecular formula is C29H27N2O4S3Se+. The number of thioether (sulfide) groups is 1. The Balaban J connectivity index is 1.51. The fraction of sp³-hybridized carbons (Fsp3) is 0.172. The van der Waals surface area contributed by atoms with Gasteiger partial charge in [0.2, 0.25) is 0 Å². The first kappa shape index (κ1) is 27.8. The SMILES string of the molecule is CC[n+]1c(/C=C/C(=C/C=C2/Sc3ccccc3N2CCCS(=O)(=O)O)c2ccccc2)[se]c2sc(=O)ccc21. The standard InChI is InChI=1S/C29H26N2O4S3Se/c1-2-30-24-15-18-28(32)37-29(24)39-27(30)17-14-22(21-9-4-3-5-10-21)13-16-26-31(19-8-20-38(33,34)35)23-11-6-7-12-25(23)36-26/h3-7,9-18H,2,8,19-20H2,1H3/p+1. The predicted octanol–water partition coefficient (Wildman–Crippen LogP) is 5.45. The quantitative estimate of drug-likeness (QED) is 0.113. The second kappa shape index (κ2) is 12.2. The van der Waals surface area contributed by atoms with Crippen molar-refractivity contribution < 1.29 is 17.5 Å². The van der Waals surface area contributed by atoms with Gasteiger partial charge in [0.1, 0.15) is 0 Å². The molecule has 6 nitrogen and oxygen atoms in total. The molecule has 0 fully saturated rings. The number of hydrogen-bond acceptors (Lipinski definition) is 6. The van der Waals surface area contributed by atoms with Crippen LogP contribution in [0.3, 0.4) is 0 Å². The molecule has 0 unspecified atom stereocenters. The van der Waals surface area contributed by atoms with E-state index in [2.05, 4.69) is 58.9 Å². The molecule has 0 aliphatic carbocycles. The number of aryl methyl sites for hydroxylation is 1. The Bertz CT molecular complexity index is 1760. The van der Waals surface area contributed by atoms with Crippen LogP contribution in [0.5, 0.6) is 0 Å². The number of aromatic nitrogens is 1. The Morgan fingerprint density at radius 2 is 1.85 bits per heavy atom. The molecule has 2 aromatic carbocycles. The van der Waals surface area contributed by atoms with Gasteiger partial charge in [-0.2, -0.15) is 8.42 Å². The topological polar surface area (TPSA) is 78.6 Å². The maximum absolute atomic E-state index is 11.9. The van der Waals surface area contributed by atoms with E-state index in [1.165, 1.54) is 15.9 Å². The normalized spacial score (nSPS) is 15.1. The van der Waals surface area contributed by atoms with E-state index in [4.69, 9.17) is 0 Å². The van der Waals surface area contributed by atoms with Crippen molar-refractivity contribution in [2.24, 2.45) is 0 Å². The zero-order chi connectivity index (χ0) is 27.4. The first-order valence-corrected chi connectivity index (χ1v) is 17.4. The molecule has 0 atom stereocenters. The summed E-state index contributed by atoms with van der Waals surface area (Å²) in [4.78, 5) is 15.2. The molecule has 200 valence electrons. The van der Waals surface area contributed by atoms with Crippen LogP contribution in [0.4, 0.5) is 5.69 Å². The van der Waals surface area contributed by atoms with Crippen LogP contribution in [0.15, 0.2) is 99.7 Å². The van der Waals surface area contributed by atoms with Gasteiger partial charge in [-0.1, -0.05) is 0 Å². The number of rotatable bonds is 9. The molecular weight excluding hydrogens is 615 g/mol. The third-order valence-corrected chi connectivity index (χ3v) is 11.8. The van der Waals surface area contributed by atoms with Crippen LogP contribution < -0.4 is 14.2 Å². The summed E-state index contributed by atoms with van der Waals surface area (Å²) in [5, 5.41) is 0.999. The van der Waals surface area contributed by atoms with Gasteiger partial charge in [-0.3, -0.25) is 4.55 Å². The summed E-state index contributed by atoms with van der Waals surface area (Å²) in [6, 6.07) is 21.8. The molecule has 1 aliphatic heterocycles. The third-order valence-electron chi connectivity index (χ3n) is 6.19. The van der Waals surface area contributed by atoms with E-state index in [1.807, 2.05) is 42.5 Å². The summed E-state index contributed by atoms with van der Waals surface area (Å²) >= 11 is 3.06. The van der Waals surface area contributed by atoms with E-state index in [-0.39, 0.29) is 25.0 Å². The summed E-state index contributed by atoms with van der Waals surface area (Å²) in [7, 11) is -4.01. The average Bonchev–Trinajstić information content (AvgIpc) is 3.45. The van der Waals surface area contributed by atoms with Crippen LogP contribution in [-0.2, 0) is 16.7 Å². The van der Waals surface area contributed by atoms with Gasteiger partial charge in [0.05, 0.1) is 0 Å². The summed E-state index contributed by atoms with van der Waals surface area (Å²) in [6.45, 7) is 3.44. The fourth-order valence-corrected chi connectivity index (χ4v) is 9.83. The first-order valence-electron chi connectivity index (χ1n) is 12.4. The molecule has 2 aromatic heterocycles. The van der Waals surface area contributed by atoms with E-state index in [1.54, 1.807) is 17.8 Å². The van der Waals surface area contributed by atoms with Crippen molar-refractivity contribution in [1.29, 1.82) is 0 Å². The van der Waals surface area contributed by atoms with E-state index < -0.39 is 10.1 Å². The molecule has 5 rings (SSSR count). The van der Waals surface area contributed by atoms with E-state index in [0.717, 1.165) is 42.4 Å². The number of allylic oxidation sites excluding steroid dienone is 4. The molecule has 0 radical (unpaired) electrons. The summed E-state index contributed by atoms with van der Waals surface area (Å²) < 4.78 is 36.5. The Kier molecular flexibility index (Phi) is 8.71. The second-order valence-corrected chi connectivity index (χ2v) is 15.2. The molecule has 1 aliphatic rings. The van der Waals surface area contributed by atoms with Gasteiger partial charge in [-0.15, -0.1) is 0 Å². The zero-order valence-electron chi connectivity index (χ0n) is 21.2. The Labute approximate surface area is 242 Å². The van der Waals surface area contributed by atoms with Crippen LogP contribution in [0.1, 0.15) is 23.5 Å². The summed E-state index contributed by atoms with van der Waals surface area (Å²) in [6.07, 6.45) is 8.79. The summed E-state index contributed by atoms with van der Waals surface area (Å²) in [5.41, 5.74) is 4.30. The van der Waals surface area contributed by atoms with Crippen molar-refractivity contribution in [2.45, 2.75) is 24.8 Å². The van der Waals surface area contributed by atoms with Crippen LogP contribution in [-0.4, -0.2) is 39.8 Å². The monoisotopic (exact) mass is 643 g/mol.